The molecule has 1 fully saturated rings. The van der Waals surface area contributed by atoms with E-state index in [-0.39, 0.29) is 12.4 Å². The molecule has 1 saturated heterocycles. The van der Waals surface area contributed by atoms with Crippen molar-refractivity contribution in [3.8, 4) is 17.2 Å². The second-order valence-corrected chi connectivity index (χ2v) is 6.25. The Kier molecular flexibility index (Phi) is 7.33. The minimum Gasteiger partial charge on any atom is -0.493 e. The first-order valence-corrected chi connectivity index (χ1v) is 9.15. The van der Waals surface area contributed by atoms with Gasteiger partial charge in [0.15, 0.2) is 17.8 Å². The Hall–Kier alpha value is -2.28. The first-order valence-electron chi connectivity index (χ1n) is 9.15. The summed E-state index contributed by atoms with van der Waals surface area (Å²) in [5.41, 5.74) is 1.22. The molecule has 0 saturated carbocycles. The van der Waals surface area contributed by atoms with Gasteiger partial charge in [-0.05, 0) is 17.7 Å². The van der Waals surface area contributed by atoms with E-state index in [0.717, 1.165) is 13.0 Å². The van der Waals surface area contributed by atoms with Gasteiger partial charge in [0.25, 0.3) is 0 Å². The number of methoxy groups -OCH3 is 2. The van der Waals surface area contributed by atoms with Crippen LogP contribution in [0.25, 0.3) is 0 Å². The summed E-state index contributed by atoms with van der Waals surface area (Å²) in [5.74, 6) is 1.93. The van der Waals surface area contributed by atoms with Gasteiger partial charge in [-0.25, -0.2) is 0 Å². The molecule has 0 aromatic heterocycles. The summed E-state index contributed by atoms with van der Waals surface area (Å²) in [5, 5.41) is 3.35. The van der Waals surface area contributed by atoms with Crippen LogP contribution in [0.5, 0.6) is 17.2 Å². The molecule has 0 amide bonds. The maximum Gasteiger partial charge on any atom is 0.203 e. The fraction of sp³-hybridized carbons (Fsp3) is 0.429. The lowest BCUT2D eigenvalue weighted by molar-refractivity contribution is -0.0552. The molecule has 27 heavy (non-hydrogen) atoms. The molecule has 0 unspecified atom stereocenters. The molecule has 0 spiro atoms. The number of benzene rings is 2. The van der Waals surface area contributed by atoms with Crippen LogP contribution in [0.4, 0.5) is 0 Å². The Morgan fingerprint density at radius 3 is 2.44 bits per heavy atom. The molecule has 1 heterocycles. The molecule has 1 N–H and O–H groups in total. The van der Waals surface area contributed by atoms with Crippen molar-refractivity contribution in [1.82, 2.24) is 5.32 Å². The molecule has 1 aliphatic heterocycles. The van der Waals surface area contributed by atoms with Crippen molar-refractivity contribution in [2.24, 2.45) is 0 Å². The van der Waals surface area contributed by atoms with Crippen molar-refractivity contribution in [2.45, 2.75) is 18.8 Å². The zero-order valence-corrected chi connectivity index (χ0v) is 15.9. The topological polar surface area (TPSA) is 58.2 Å². The fourth-order valence-corrected chi connectivity index (χ4v) is 2.98. The molecule has 146 valence electrons. The molecule has 0 aliphatic carbocycles. The van der Waals surface area contributed by atoms with Crippen molar-refractivity contribution in [2.75, 3.05) is 40.5 Å². The van der Waals surface area contributed by atoms with Crippen LogP contribution >= 0.6 is 0 Å². The molecule has 1 aliphatic rings. The van der Waals surface area contributed by atoms with E-state index < -0.39 is 0 Å². The molecule has 3 rings (SSSR count). The van der Waals surface area contributed by atoms with E-state index in [1.807, 2.05) is 36.4 Å². The smallest absolute Gasteiger partial charge is 0.203 e. The van der Waals surface area contributed by atoms with E-state index in [1.54, 1.807) is 14.2 Å². The zero-order valence-electron chi connectivity index (χ0n) is 15.9. The Morgan fingerprint density at radius 1 is 1.00 bits per heavy atom. The number of ether oxygens (including phenoxy) is 5. The van der Waals surface area contributed by atoms with Gasteiger partial charge >= 0.3 is 0 Å². The highest BCUT2D eigenvalue weighted by atomic mass is 16.7. The van der Waals surface area contributed by atoms with Gasteiger partial charge in [0.2, 0.25) is 5.75 Å². The zero-order chi connectivity index (χ0) is 18.9. The quantitative estimate of drug-likeness (QED) is 0.646. The van der Waals surface area contributed by atoms with Gasteiger partial charge in [-0.2, -0.15) is 0 Å². The van der Waals surface area contributed by atoms with Crippen molar-refractivity contribution >= 4 is 0 Å². The number of nitrogens with one attached hydrogen (secondary N) is 1. The van der Waals surface area contributed by atoms with E-state index >= 15 is 0 Å². The van der Waals surface area contributed by atoms with Gasteiger partial charge in [0, 0.05) is 19.5 Å². The van der Waals surface area contributed by atoms with Crippen molar-refractivity contribution in [3.05, 3.63) is 54.1 Å². The van der Waals surface area contributed by atoms with Crippen LogP contribution in [0, 0.1) is 0 Å². The van der Waals surface area contributed by atoms with Gasteiger partial charge in [0.1, 0.15) is 6.61 Å². The summed E-state index contributed by atoms with van der Waals surface area (Å²) in [4.78, 5) is 0. The highest BCUT2D eigenvalue weighted by Gasteiger charge is 2.25. The third-order valence-corrected chi connectivity index (χ3v) is 4.34. The molecule has 0 bridgehead atoms. The summed E-state index contributed by atoms with van der Waals surface area (Å²) >= 11 is 0. The van der Waals surface area contributed by atoms with Gasteiger partial charge in [-0.15, -0.1) is 0 Å². The second-order valence-electron chi connectivity index (χ2n) is 6.25. The van der Waals surface area contributed by atoms with Gasteiger partial charge in [-0.1, -0.05) is 36.4 Å². The first-order chi connectivity index (χ1) is 13.3. The van der Waals surface area contributed by atoms with Crippen LogP contribution < -0.4 is 19.5 Å². The van der Waals surface area contributed by atoms with E-state index in [0.29, 0.717) is 37.0 Å². The standard InChI is InChI=1S/C21H27NO5/c1-23-18-9-6-10-19(24-2)21(18)25-12-11-22-14-17-15-26-20(27-17)13-16-7-4-3-5-8-16/h3-10,17,20,22H,11-15H2,1-2H3/t17-,20-/m0/s1. The van der Waals surface area contributed by atoms with Crippen molar-refractivity contribution in [3.63, 3.8) is 0 Å². The van der Waals surface area contributed by atoms with E-state index in [1.165, 1.54) is 5.56 Å². The Bertz CT molecular complexity index is 672. The van der Waals surface area contributed by atoms with E-state index in [9.17, 15) is 0 Å². The summed E-state index contributed by atoms with van der Waals surface area (Å²) in [6.07, 6.45) is 0.654. The Morgan fingerprint density at radius 2 is 1.74 bits per heavy atom. The molecule has 6 nitrogen and oxygen atoms in total. The molecular formula is C21H27NO5. The van der Waals surface area contributed by atoms with Crippen LogP contribution in [0.2, 0.25) is 0 Å². The first kappa shape index (κ1) is 19.5. The van der Waals surface area contributed by atoms with Crippen LogP contribution in [-0.4, -0.2) is 52.9 Å². The largest absolute Gasteiger partial charge is 0.493 e. The predicted molar refractivity (Wildman–Crippen MR) is 103 cm³/mol. The van der Waals surface area contributed by atoms with Gasteiger partial charge in [0.05, 0.1) is 26.9 Å². The monoisotopic (exact) mass is 373 g/mol. The van der Waals surface area contributed by atoms with Gasteiger partial charge in [-0.3, -0.25) is 0 Å². The van der Waals surface area contributed by atoms with Crippen molar-refractivity contribution in [1.29, 1.82) is 0 Å². The minimum absolute atomic E-state index is 0.0551. The van der Waals surface area contributed by atoms with Crippen LogP contribution in [-0.2, 0) is 15.9 Å². The number of para-hydroxylation sites is 1. The Balaban J connectivity index is 1.35. The average molecular weight is 373 g/mol. The second kappa shape index (κ2) is 10.2. The lowest BCUT2D eigenvalue weighted by Crippen LogP contribution is -2.32. The summed E-state index contributed by atoms with van der Waals surface area (Å²) in [6, 6.07) is 15.8. The third-order valence-electron chi connectivity index (χ3n) is 4.34. The summed E-state index contributed by atoms with van der Waals surface area (Å²) in [7, 11) is 3.23. The molecular weight excluding hydrogens is 346 g/mol. The summed E-state index contributed by atoms with van der Waals surface area (Å²) < 4.78 is 28.1. The van der Waals surface area contributed by atoms with Gasteiger partial charge < -0.3 is 29.0 Å². The highest BCUT2D eigenvalue weighted by Crippen LogP contribution is 2.36. The molecule has 2 atom stereocenters. The molecule has 2 aromatic carbocycles. The molecule has 6 heteroatoms. The average Bonchev–Trinajstić information content (AvgIpc) is 3.15. The van der Waals surface area contributed by atoms with Crippen molar-refractivity contribution < 1.29 is 23.7 Å². The lowest BCUT2D eigenvalue weighted by atomic mass is 10.1. The normalized spacial score (nSPS) is 19.0. The van der Waals surface area contributed by atoms with Crippen LogP contribution in [0.3, 0.4) is 0 Å². The van der Waals surface area contributed by atoms with Crippen LogP contribution in [0.15, 0.2) is 48.5 Å². The van der Waals surface area contributed by atoms with E-state index in [2.05, 4.69) is 17.4 Å². The Labute approximate surface area is 160 Å². The minimum atomic E-state index is -0.173. The van der Waals surface area contributed by atoms with Crippen LogP contribution in [0.1, 0.15) is 5.56 Å². The number of hydrogen-bond acceptors (Lipinski definition) is 6. The third kappa shape index (κ3) is 5.60. The maximum atomic E-state index is 5.94. The van der Waals surface area contributed by atoms with E-state index in [4.69, 9.17) is 23.7 Å². The molecule has 2 aromatic rings. The SMILES string of the molecule is COc1cccc(OC)c1OCCNC[C@H]1CO[C@H](Cc2ccccc2)O1. The maximum absolute atomic E-state index is 5.94. The predicted octanol–water partition coefficient (Wildman–Crippen LogP) is 2.66. The number of hydrogen-bond donors (Lipinski definition) is 1. The molecule has 0 radical (unpaired) electrons. The summed E-state index contributed by atoms with van der Waals surface area (Å²) in [6.45, 7) is 2.51. The lowest BCUT2D eigenvalue weighted by Gasteiger charge is -2.15. The highest BCUT2D eigenvalue weighted by molar-refractivity contribution is 5.51. The number of rotatable bonds is 10. The fourth-order valence-electron chi connectivity index (χ4n) is 2.98.